The number of benzene rings is 1. The van der Waals surface area contributed by atoms with Gasteiger partial charge in [0, 0.05) is 78.6 Å². The molecule has 1 amide bonds. The summed E-state index contributed by atoms with van der Waals surface area (Å²) in [7, 11) is 0. The molecule has 0 unspecified atom stereocenters. The number of anilines is 1. The number of rotatable bonds is 6. The molecule has 2 saturated heterocycles. The number of likely N-dealkylation sites (tertiary alicyclic amines) is 1. The van der Waals surface area contributed by atoms with Crippen molar-refractivity contribution in [2.45, 2.75) is 52.1 Å². The van der Waals surface area contributed by atoms with E-state index in [9.17, 15) is 4.79 Å². The van der Waals surface area contributed by atoms with Crippen LogP contribution in [-0.2, 0) is 6.54 Å². The number of aryl methyl sites for hydroxylation is 1. The number of nitrogens with one attached hydrogen (secondary N) is 1. The van der Waals surface area contributed by atoms with E-state index in [1.807, 2.05) is 31.3 Å². The van der Waals surface area contributed by atoms with Gasteiger partial charge in [0.2, 0.25) is 0 Å². The smallest absolute Gasteiger partial charge is 0.251 e. The molecule has 37 heavy (non-hydrogen) atoms. The Hall–Kier alpha value is -2.96. The van der Waals surface area contributed by atoms with Crippen LogP contribution in [0.1, 0.15) is 54.2 Å². The van der Waals surface area contributed by atoms with Crippen LogP contribution in [0.4, 0.5) is 5.82 Å². The SMILES string of the molecule is Cc1ccc(-c2cc(C(=O)NC3CCN(Cc4ccc(N5CCC(C)CC5)nc4)CC3)ccc2Cl)cn1. The molecule has 1 aromatic carbocycles. The maximum absolute atomic E-state index is 13.0. The van der Waals surface area contributed by atoms with Gasteiger partial charge in [-0.25, -0.2) is 4.98 Å². The number of halogens is 1. The van der Waals surface area contributed by atoms with Gasteiger partial charge in [-0.2, -0.15) is 0 Å². The molecule has 2 aromatic heterocycles. The molecule has 6 nitrogen and oxygen atoms in total. The van der Waals surface area contributed by atoms with Crippen LogP contribution in [0.2, 0.25) is 5.02 Å². The summed E-state index contributed by atoms with van der Waals surface area (Å²) in [5, 5.41) is 3.85. The highest BCUT2D eigenvalue weighted by Crippen LogP contribution is 2.29. The molecular weight excluding hydrogens is 482 g/mol. The van der Waals surface area contributed by atoms with Gasteiger partial charge in [-0.05, 0) is 74.4 Å². The molecule has 0 bridgehead atoms. The molecule has 194 valence electrons. The molecule has 7 heteroatoms. The number of carbonyl (C=O) groups excluding carboxylic acids is 1. The highest BCUT2D eigenvalue weighted by molar-refractivity contribution is 6.33. The van der Waals surface area contributed by atoms with Gasteiger partial charge < -0.3 is 10.2 Å². The van der Waals surface area contributed by atoms with Crippen LogP contribution in [0.5, 0.6) is 0 Å². The van der Waals surface area contributed by atoms with E-state index < -0.39 is 0 Å². The molecule has 0 radical (unpaired) electrons. The second-order valence-electron chi connectivity index (χ2n) is 10.6. The van der Waals surface area contributed by atoms with Gasteiger partial charge in [0.15, 0.2) is 0 Å². The van der Waals surface area contributed by atoms with Gasteiger partial charge in [0.1, 0.15) is 5.82 Å². The summed E-state index contributed by atoms with van der Waals surface area (Å²) in [6.07, 6.45) is 8.20. The van der Waals surface area contributed by atoms with Crippen molar-refractivity contribution < 1.29 is 4.79 Å². The number of hydrogen-bond donors (Lipinski definition) is 1. The predicted molar refractivity (Wildman–Crippen MR) is 150 cm³/mol. The first-order valence-corrected chi connectivity index (χ1v) is 13.8. The second-order valence-corrected chi connectivity index (χ2v) is 11.0. The first-order valence-electron chi connectivity index (χ1n) is 13.4. The number of amides is 1. The van der Waals surface area contributed by atoms with Crippen molar-refractivity contribution in [3.05, 3.63) is 76.7 Å². The van der Waals surface area contributed by atoms with Crippen LogP contribution in [0, 0.1) is 12.8 Å². The quantitative estimate of drug-likeness (QED) is 0.452. The van der Waals surface area contributed by atoms with Gasteiger partial charge >= 0.3 is 0 Å². The third-order valence-electron chi connectivity index (χ3n) is 7.70. The third kappa shape index (κ3) is 6.49. The van der Waals surface area contributed by atoms with Gasteiger partial charge in [-0.15, -0.1) is 0 Å². The largest absolute Gasteiger partial charge is 0.357 e. The zero-order chi connectivity index (χ0) is 25.8. The van der Waals surface area contributed by atoms with Crippen LogP contribution >= 0.6 is 11.6 Å². The van der Waals surface area contributed by atoms with Gasteiger partial charge in [0.25, 0.3) is 5.91 Å². The Labute approximate surface area is 225 Å². The number of hydrogen-bond acceptors (Lipinski definition) is 5. The Morgan fingerprint density at radius 1 is 0.973 bits per heavy atom. The minimum Gasteiger partial charge on any atom is -0.357 e. The summed E-state index contributed by atoms with van der Waals surface area (Å²) in [6.45, 7) is 9.30. The summed E-state index contributed by atoms with van der Waals surface area (Å²) < 4.78 is 0. The Morgan fingerprint density at radius 2 is 1.76 bits per heavy atom. The molecule has 0 spiro atoms. The first-order chi connectivity index (χ1) is 17.9. The standard InChI is InChI=1S/C30H36ClN5O/c1-21-9-15-36(16-10-21)29-8-4-23(18-33-29)20-35-13-11-26(12-14-35)34-30(37)24-6-7-28(31)27(17-24)25-5-3-22(2)32-19-25/h3-8,17-19,21,26H,9-16,20H2,1-2H3,(H,34,37). The van der Waals surface area contributed by atoms with Crippen molar-refractivity contribution in [1.29, 1.82) is 0 Å². The number of nitrogens with zero attached hydrogens (tertiary/aromatic N) is 4. The van der Waals surface area contributed by atoms with Crippen molar-refractivity contribution >= 4 is 23.3 Å². The molecule has 2 aliphatic rings. The molecule has 4 heterocycles. The maximum atomic E-state index is 13.0. The van der Waals surface area contributed by atoms with E-state index in [2.05, 4.69) is 39.2 Å². The average Bonchev–Trinajstić information content (AvgIpc) is 2.91. The number of piperidine rings is 2. The Balaban J connectivity index is 1.12. The lowest BCUT2D eigenvalue weighted by molar-refractivity contribution is 0.0909. The monoisotopic (exact) mass is 517 g/mol. The highest BCUT2D eigenvalue weighted by atomic mass is 35.5. The summed E-state index contributed by atoms with van der Waals surface area (Å²) >= 11 is 6.43. The topological polar surface area (TPSA) is 61.4 Å². The normalized spacial score (nSPS) is 17.6. The lowest BCUT2D eigenvalue weighted by Gasteiger charge is -2.33. The third-order valence-corrected chi connectivity index (χ3v) is 8.03. The molecule has 0 saturated carbocycles. The second kappa shape index (κ2) is 11.6. The minimum absolute atomic E-state index is 0.0525. The summed E-state index contributed by atoms with van der Waals surface area (Å²) in [4.78, 5) is 27.0. The Morgan fingerprint density at radius 3 is 2.43 bits per heavy atom. The van der Waals surface area contributed by atoms with Crippen molar-refractivity contribution in [3.63, 3.8) is 0 Å². The zero-order valence-corrected chi connectivity index (χ0v) is 22.5. The van der Waals surface area contributed by atoms with Gasteiger partial charge in [-0.3, -0.25) is 14.7 Å². The molecule has 3 aromatic rings. The van der Waals surface area contributed by atoms with Crippen LogP contribution < -0.4 is 10.2 Å². The van der Waals surface area contributed by atoms with Crippen LogP contribution in [-0.4, -0.2) is 53.0 Å². The van der Waals surface area contributed by atoms with E-state index in [4.69, 9.17) is 16.6 Å². The maximum Gasteiger partial charge on any atom is 0.251 e. The van der Waals surface area contributed by atoms with E-state index in [1.54, 1.807) is 18.3 Å². The van der Waals surface area contributed by atoms with Crippen molar-refractivity contribution in [3.8, 4) is 11.1 Å². The fraction of sp³-hybridized carbons (Fsp3) is 0.433. The average molecular weight is 518 g/mol. The van der Waals surface area contributed by atoms with Crippen LogP contribution in [0.15, 0.2) is 54.9 Å². The minimum atomic E-state index is -0.0525. The highest BCUT2D eigenvalue weighted by Gasteiger charge is 2.22. The van der Waals surface area contributed by atoms with Crippen molar-refractivity contribution in [2.75, 3.05) is 31.1 Å². The first kappa shape index (κ1) is 25.7. The molecule has 2 fully saturated rings. The molecule has 5 rings (SSSR count). The van der Waals surface area contributed by atoms with E-state index in [0.717, 1.165) is 74.1 Å². The van der Waals surface area contributed by atoms with E-state index in [1.165, 1.54) is 18.4 Å². The molecule has 0 aliphatic carbocycles. The fourth-order valence-corrected chi connectivity index (χ4v) is 5.44. The van der Waals surface area contributed by atoms with Crippen molar-refractivity contribution in [1.82, 2.24) is 20.2 Å². The molecule has 0 atom stereocenters. The molecule has 2 aliphatic heterocycles. The number of carbonyl (C=O) groups is 1. The van der Waals surface area contributed by atoms with Gasteiger partial charge in [-0.1, -0.05) is 30.7 Å². The number of pyridine rings is 2. The Kier molecular flexibility index (Phi) is 8.06. The van der Waals surface area contributed by atoms with Crippen LogP contribution in [0.25, 0.3) is 11.1 Å². The van der Waals surface area contributed by atoms with Gasteiger partial charge in [0.05, 0.1) is 0 Å². The summed E-state index contributed by atoms with van der Waals surface area (Å²) in [6, 6.07) is 13.9. The summed E-state index contributed by atoms with van der Waals surface area (Å²) in [5.74, 6) is 1.87. The molecular formula is C30H36ClN5O. The van der Waals surface area contributed by atoms with Crippen molar-refractivity contribution in [2.24, 2.45) is 5.92 Å². The van der Waals surface area contributed by atoms with Crippen LogP contribution in [0.3, 0.4) is 0 Å². The van der Waals surface area contributed by atoms with E-state index >= 15 is 0 Å². The lowest BCUT2D eigenvalue weighted by Crippen LogP contribution is -2.44. The number of aromatic nitrogens is 2. The van der Waals surface area contributed by atoms with E-state index in [0.29, 0.717) is 10.6 Å². The summed E-state index contributed by atoms with van der Waals surface area (Å²) in [5.41, 5.74) is 4.55. The Bertz CT molecular complexity index is 1200. The molecule has 1 N–H and O–H groups in total. The van der Waals surface area contributed by atoms with E-state index in [-0.39, 0.29) is 11.9 Å². The zero-order valence-electron chi connectivity index (χ0n) is 21.8. The predicted octanol–water partition coefficient (Wildman–Crippen LogP) is 5.74. The lowest BCUT2D eigenvalue weighted by atomic mass is 9.99. The fourth-order valence-electron chi connectivity index (χ4n) is 5.21.